The van der Waals surface area contributed by atoms with Gasteiger partial charge in [-0.25, -0.2) is 0 Å². The predicted octanol–water partition coefficient (Wildman–Crippen LogP) is 4.30. The maximum atomic E-state index is 4.45. The quantitative estimate of drug-likeness (QED) is 0.848. The van der Waals surface area contributed by atoms with Crippen LogP contribution < -0.4 is 5.32 Å². The van der Waals surface area contributed by atoms with Crippen LogP contribution >= 0.6 is 31.9 Å². The molecule has 1 unspecified atom stereocenters. The number of nitrogens with one attached hydrogen (secondary N) is 1. The molecule has 1 aromatic carbocycles. The zero-order chi connectivity index (χ0) is 14.0. The van der Waals surface area contributed by atoms with E-state index in [0.717, 1.165) is 14.6 Å². The van der Waals surface area contributed by atoms with E-state index >= 15 is 0 Å². The molecule has 0 spiro atoms. The molecule has 2 aromatic rings. The zero-order valence-corrected chi connectivity index (χ0v) is 14.4. The van der Waals surface area contributed by atoms with Gasteiger partial charge in [0.15, 0.2) is 0 Å². The Morgan fingerprint density at radius 1 is 1.16 bits per heavy atom. The largest absolute Gasteiger partial charge is 0.308 e. The van der Waals surface area contributed by atoms with E-state index in [-0.39, 0.29) is 6.04 Å². The minimum atomic E-state index is 0.118. The minimum Gasteiger partial charge on any atom is -0.308 e. The molecule has 1 aromatic heterocycles. The molecule has 19 heavy (non-hydrogen) atoms. The van der Waals surface area contributed by atoms with Gasteiger partial charge in [-0.1, -0.05) is 28.1 Å². The molecule has 3 nitrogen and oxygen atoms in total. The van der Waals surface area contributed by atoms with E-state index in [2.05, 4.69) is 80.4 Å². The van der Waals surface area contributed by atoms with E-state index in [9.17, 15) is 0 Å². The highest BCUT2D eigenvalue weighted by atomic mass is 79.9. The van der Waals surface area contributed by atoms with Crippen LogP contribution in [0.25, 0.3) is 0 Å². The van der Waals surface area contributed by atoms with Gasteiger partial charge in [0.05, 0.1) is 22.4 Å². The Labute approximate surface area is 130 Å². The normalized spacial score (nSPS) is 12.9. The third kappa shape index (κ3) is 3.09. The molecule has 5 heteroatoms. The summed E-state index contributed by atoms with van der Waals surface area (Å²) in [6.07, 6.45) is 1.86. The predicted molar refractivity (Wildman–Crippen MR) is 85.4 cm³/mol. The lowest BCUT2D eigenvalue weighted by Gasteiger charge is -2.21. The average Bonchev–Trinajstić information content (AvgIpc) is 2.75. The molecule has 0 aliphatic heterocycles. The Morgan fingerprint density at radius 2 is 1.79 bits per heavy atom. The van der Waals surface area contributed by atoms with Gasteiger partial charge in [0.2, 0.25) is 0 Å². The summed E-state index contributed by atoms with van der Waals surface area (Å²) in [6.45, 7) is 4.27. The van der Waals surface area contributed by atoms with Gasteiger partial charge >= 0.3 is 0 Å². The van der Waals surface area contributed by atoms with Crippen LogP contribution in [0.15, 0.2) is 39.4 Å². The summed E-state index contributed by atoms with van der Waals surface area (Å²) < 4.78 is 4.17. The second-order valence-corrected chi connectivity index (χ2v) is 6.46. The SMILES string of the molecule is CNC(c1ccc(Br)cc1)c1c(Br)cnn1C(C)C. The Morgan fingerprint density at radius 3 is 2.32 bits per heavy atom. The van der Waals surface area contributed by atoms with E-state index < -0.39 is 0 Å². The molecule has 0 radical (unpaired) electrons. The maximum absolute atomic E-state index is 4.45. The summed E-state index contributed by atoms with van der Waals surface area (Å²) >= 11 is 7.08. The molecule has 0 saturated carbocycles. The van der Waals surface area contributed by atoms with Gasteiger partial charge in [0.25, 0.3) is 0 Å². The first-order valence-electron chi connectivity index (χ1n) is 6.20. The number of halogens is 2. The molecule has 0 amide bonds. The molecule has 0 fully saturated rings. The van der Waals surface area contributed by atoms with Crippen LogP contribution in [0, 0.1) is 0 Å². The van der Waals surface area contributed by atoms with Crippen LogP contribution in [-0.4, -0.2) is 16.8 Å². The smallest absolute Gasteiger partial charge is 0.0757 e. The molecule has 0 saturated heterocycles. The first-order chi connectivity index (χ1) is 9.04. The standard InChI is InChI=1S/C14H17Br2N3/c1-9(2)19-14(12(16)8-18-19)13(17-3)10-4-6-11(15)7-5-10/h4-9,13,17H,1-3H3. The second-order valence-electron chi connectivity index (χ2n) is 4.69. The number of nitrogens with zero attached hydrogens (tertiary/aromatic N) is 2. The number of hydrogen-bond donors (Lipinski definition) is 1. The fraction of sp³-hybridized carbons (Fsp3) is 0.357. The maximum Gasteiger partial charge on any atom is 0.0757 e. The highest BCUT2D eigenvalue weighted by Crippen LogP contribution is 2.30. The van der Waals surface area contributed by atoms with Gasteiger partial charge in [0.1, 0.15) is 0 Å². The molecule has 0 aliphatic carbocycles. The monoisotopic (exact) mass is 385 g/mol. The summed E-state index contributed by atoms with van der Waals surface area (Å²) in [7, 11) is 1.97. The van der Waals surface area contributed by atoms with Crippen LogP contribution in [0.5, 0.6) is 0 Å². The summed E-state index contributed by atoms with van der Waals surface area (Å²) in [5, 5.41) is 7.82. The Kier molecular flexibility index (Phi) is 4.81. The van der Waals surface area contributed by atoms with Gasteiger partial charge in [0, 0.05) is 10.5 Å². The zero-order valence-electron chi connectivity index (χ0n) is 11.2. The Hall–Kier alpha value is -0.650. The van der Waals surface area contributed by atoms with Crippen LogP contribution in [0.4, 0.5) is 0 Å². The topological polar surface area (TPSA) is 29.9 Å². The van der Waals surface area contributed by atoms with Crippen molar-refractivity contribution in [3.05, 3.63) is 50.7 Å². The van der Waals surface area contributed by atoms with Crippen LogP contribution in [0.3, 0.4) is 0 Å². The van der Waals surface area contributed by atoms with Crippen molar-refractivity contribution in [1.29, 1.82) is 0 Å². The summed E-state index contributed by atoms with van der Waals surface area (Å²) in [5.74, 6) is 0. The number of benzene rings is 1. The summed E-state index contributed by atoms with van der Waals surface area (Å²) in [5.41, 5.74) is 2.37. The summed E-state index contributed by atoms with van der Waals surface area (Å²) in [4.78, 5) is 0. The molecule has 102 valence electrons. The molecular weight excluding hydrogens is 370 g/mol. The third-order valence-electron chi connectivity index (χ3n) is 3.04. The van der Waals surface area contributed by atoms with Crippen molar-refractivity contribution in [2.24, 2.45) is 0 Å². The molecule has 2 rings (SSSR count). The van der Waals surface area contributed by atoms with Crippen molar-refractivity contribution < 1.29 is 0 Å². The van der Waals surface area contributed by atoms with Gasteiger partial charge in [-0.3, -0.25) is 4.68 Å². The first kappa shape index (κ1) is 14.8. The van der Waals surface area contributed by atoms with E-state index in [0.29, 0.717) is 6.04 Å². The average molecular weight is 387 g/mol. The molecule has 1 heterocycles. The molecule has 0 bridgehead atoms. The number of aromatic nitrogens is 2. The fourth-order valence-electron chi connectivity index (χ4n) is 2.15. The lowest BCUT2D eigenvalue weighted by atomic mass is 10.0. The Balaban J connectivity index is 2.47. The third-order valence-corrected chi connectivity index (χ3v) is 4.18. The second kappa shape index (κ2) is 6.20. The van der Waals surface area contributed by atoms with Gasteiger partial charge in [-0.05, 0) is 54.5 Å². The lowest BCUT2D eigenvalue weighted by molar-refractivity contribution is 0.483. The van der Waals surface area contributed by atoms with Crippen molar-refractivity contribution >= 4 is 31.9 Å². The van der Waals surface area contributed by atoms with Crippen molar-refractivity contribution in [2.45, 2.75) is 25.9 Å². The fourth-order valence-corrected chi connectivity index (χ4v) is 2.92. The van der Waals surface area contributed by atoms with Crippen molar-refractivity contribution in [3.63, 3.8) is 0 Å². The van der Waals surface area contributed by atoms with E-state index in [1.807, 2.05) is 17.9 Å². The van der Waals surface area contributed by atoms with Crippen molar-refractivity contribution in [2.75, 3.05) is 7.05 Å². The van der Waals surface area contributed by atoms with Gasteiger partial charge in [-0.15, -0.1) is 0 Å². The number of rotatable bonds is 4. The van der Waals surface area contributed by atoms with Crippen LogP contribution in [0.2, 0.25) is 0 Å². The molecule has 0 aliphatic rings. The minimum absolute atomic E-state index is 0.118. The van der Waals surface area contributed by atoms with Crippen LogP contribution in [-0.2, 0) is 0 Å². The van der Waals surface area contributed by atoms with E-state index in [1.165, 1.54) is 5.56 Å². The van der Waals surface area contributed by atoms with Crippen LogP contribution in [0.1, 0.15) is 37.2 Å². The number of hydrogen-bond acceptors (Lipinski definition) is 2. The Bertz CT molecular complexity index is 546. The van der Waals surface area contributed by atoms with Crippen molar-refractivity contribution in [1.82, 2.24) is 15.1 Å². The van der Waals surface area contributed by atoms with E-state index in [1.54, 1.807) is 0 Å². The highest BCUT2D eigenvalue weighted by Gasteiger charge is 2.21. The first-order valence-corrected chi connectivity index (χ1v) is 7.78. The molecular formula is C14H17Br2N3. The van der Waals surface area contributed by atoms with E-state index in [4.69, 9.17) is 0 Å². The molecule has 1 N–H and O–H groups in total. The summed E-state index contributed by atoms with van der Waals surface area (Å²) in [6, 6.07) is 8.80. The lowest BCUT2D eigenvalue weighted by Crippen LogP contribution is -2.22. The van der Waals surface area contributed by atoms with Gasteiger partial charge < -0.3 is 5.32 Å². The van der Waals surface area contributed by atoms with Gasteiger partial charge in [-0.2, -0.15) is 5.10 Å². The highest BCUT2D eigenvalue weighted by molar-refractivity contribution is 9.10. The molecule has 1 atom stereocenters. The van der Waals surface area contributed by atoms with Crippen molar-refractivity contribution in [3.8, 4) is 0 Å².